The lowest BCUT2D eigenvalue weighted by molar-refractivity contribution is 0.0696. The van der Waals surface area contributed by atoms with Gasteiger partial charge >= 0.3 is 5.97 Å². The zero-order valence-electron chi connectivity index (χ0n) is 25.2. The summed E-state index contributed by atoms with van der Waals surface area (Å²) in [7, 11) is -4.27. The molecule has 0 spiro atoms. The molecule has 8 nitrogen and oxygen atoms in total. The molecule has 0 radical (unpaired) electrons. The molecule has 3 aromatic rings. The number of aryl methyl sites for hydroxylation is 1. The first-order valence-electron chi connectivity index (χ1n) is 14.5. The minimum Gasteiger partial charge on any atom is -0.478 e. The number of hydrogen-bond acceptors (Lipinski definition) is 6. The molecule has 3 heterocycles. The van der Waals surface area contributed by atoms with Gasteiger partial charge in [-0.2, -0.15) is 8.42 Å². The van der Waals surface area contributed by atoms with Crippen molar-refractivity contribution in [3.63, 3.8) is 0 Å². The van der Waals surface area contributed by atoms with Gasteiger partial charge in [-0.25, -0.2) is 4.79 Å². The highest BCUT2D eigenvalue weighted by atomic mass is 32.2. The van der Waals surface area contributed by atoms with Crippen molar-refractivity contribution in [2.24, 2.45) is 4.99 Å². The highest BCUT2D eigenvalue weighted by molar-refractivity contribution is 7.85. The Kier molecular flexibility index (Phi) is 6.63. The number of aromatic carboxylic acids is 1. The van der Waals surface area contributed by atoms with Gasteiger partial charge in [0.15, 0.2) is 0 Å². The quantitative estimate of drug-likeness (QED) is 0.252. The fraction of sp³-hybridized carbons (Fsp3) is 0.353. The molecule has 224 valence electrons. The Morgan fingerprint density at radius 1 is 1.05 bits per heavy atom. The van der Waals surface area contributed by atoms with E-state index in [1.165, 1.54) is 0 Å². The van der Waals surface area contributed by atoms with Crippen molar-refractivity contribution in [3.05, 3.63) is 92.5 Å². The lowest BCUT2D eigenvalue weighted by atomic mass is 9.79. The van der Waals surface area contributed by atoms with Crippen molar-refractivity contribution < 1.29 is 27.6 Å². The summed E-state index contributed by atoms with van der Waals surface area (Å²) in [6.07, 6.45) is 3.31. The van der Waals surface area contributed by atoms with Crippen LogP contribution in [-0.2, 0) is 16.5 Å². The van der Waals surface area contributed by atoms with Gasteiger partial charge < -0.3 is 15.2 Å². The van der Waals surface area contributed by atoms with Crippen LogP contribution in [0.25, 0.3) is 11.1 Å². The molecular weight excluding hydrogens is 564 g/mol. The average molecular weight is 601 g/mol. The van der Waals surface area contributed by atoms with E-state index in [2.05, 4.69) is 11.4 Å². The molecule has 0 amide bonds. The summed E-state index contributed by atoms with van der Waals surface area (Å²) in [5, 5.41) is 15.3. The zero-order chi connectivity index (χ0) is 31.1. The van der Waals surface area contributed by atoms with E-state index < -0.39 is 33.3 Å². The number of rotatable bonds is 5. The van der Waals surface area contributed by atoms with Gasteiger partial charge in [0.05, 0.1) is 22.2 Å². The minimum absolute atomic E-state index is 0.160. The smallest absolute Gasteiger partial charge is 0.336 e. The van der Waals surface area contributed by atoms with E-state index in [1.807, 2.05) is 77.9 Å². The summed E-state index contributed by atoms with van der Waals surface area (Å²) >= 11 is 0. The summed E-state index contributed by atoms with van der Waals surface area (Å²) in [5.41, 5.74) is 5.70. The summed E-state index contributed by atoms with van der Waals surface area (Å²) in [4.78, 5) is 17.5. The van der Waals surface area contributed by atoms with Gasteiger partial charge in [0.25, 0.3) is 10.1 Å². The predicted octanol–water partition coefficient (Wildman–Crippen LogP) is 5.68. The fourth-order valence-electron chi connectivity index (χ4n) is 6.83. The molecule has 1 unspecified atom stereocenters. The number of ether oxygens (including phenoxy) is 1. The van der Waals surface area contributed by atoms with Crippen molar-refractivity contribution in [1.29, 1.82) is 0 Å². The highest BCUT2D eigenvalue weighted by Crippen LogP contribution is 2.47. The molecule has 3 aliphatic rings. The van der Waals surface area contributed by atoms with Crippen molar-refractivity contribution in [1.82, 2.24) is 0 Å². The Bertz CT molecular complexity index is 1990. The second-order valence-electron chi connectivity index (χ2n) is 13.1. The third-order valence-electron chi connectivity index (χ3n) is 8.48. The Hall–Kier alpha value is -3.95. The predicted molar refractivity (Wildman–Crippen MR) is 167 cm³/mol. The average Bonchev–Trinajstić information content (AvgIpc) is 2.87. The third-order valence-corrected chi connectivity index (χ3v) is 9.31. The molecule has 3 N–H and O–H groups in total. The van der Waals surface area contributed by atoms with E-state index in [9.17, 15) is 22.9 Å². The monoisotopic (exact) mass is 600 g/mol. The van der Waals surface area contributed by atoms with E-state index >= 15 is 0 Å². The molecule has 0 aromatic heterocycles. The molecule has 9 heteroatoms. The number of carboxylic acids is 1. The largest absolute Gasteiger partial charge is 0.478 e. The van der Waals surface area contributed by atoms with Crippen LogP contribution in [0.5, 0.6) is 11.5 Å². The number of hydrogen-bond donors (Lipinski definition) is 3. The van der Waals surface area contributed by atoms with Crippen LogP contribution in [0.3, 0.4) is 0 Å². The number of nitrogens with zero attached hydrogens (tertiary/aromatic N) is 1. The second kappa shape index (κ2) is 9.79. The molecule has 0 bridgehead atoms. The summed E-state index contributed by atoms with van der Waals surface area (Å²) in [6, 6.07) is 13.1. The Labute approximate surface area is 251 Å². The second-order valence-corrected chi connectivity index (χ2v) is 14.6. The third kappa shape index (κ3) is 5.36. The lowest BCUT2D eigenvalue weighted by Gasteiger charge is -2.39. The molecule has 3 aromatic carbocycles. The fourth-order valence-corrected chi connectivity index (χ4v) is 7.64. The van der Waals surface area contributed by atoms with Crippen molar-refractivity contribution >= 4 is 32.9 Å². The first-order chi connectivity index (χ1) is 20.0. The van der Waals surface area contributed by atoms with Crippen molar-refractivity contribution in [2.75, 3.05) is 11.1 Å². The van der Waals surface area contributed by atoms with E-state index in [1.54, 1.807) is 6.07 Å². The molecule has 0 aliphatic carbocycles. The first-order valence-corrected chi connectivity index (χ1v) is 16.1. The van der Waals surface area contributed by atoms with E-state index in [4.69, 9.17) is 9.73 Å². The van der Waals surface area contributed by atoms with Crippen LogP contribution in [0.1, 0.15) is 92.1 Å². The van der Waals surface area contributed by atoms with Gasteiger partial charge in [-0.05, 0) is 87.9 Å². The maximum atomic E-state index is 12.6. The number of anilines is 1. The number of benzene rings is 3. The number of carboxylic acid groups (broad SMARTS) is 1. The van der Waals surface area contributed by atoms with Crippen LogP contribution in [0.15, 0.2) is 53.5 Å². The Morgan fingerprint density at radius 3 is 2.47 bits per heavy atom. The van der Waals surface area contributed by atoms with E-state index in [0.717, 1.165) is 44.9 Å². The Morgan fingerprint density at radius 2 is 1.79 bits per heavy atom. The first kappa shape index (κ1) is 29.1. The van der Waals surface area contributed by atoms with Gasteiger partial charge in [-0.3, -0.25) is 9.55 Å². The van der Waals surface area contributed by atoms with Crippen LogP contribution in [0.2, 0.25) is 0 Å². The number of fused-ring (bicyclic) bond motifs is 4. The maximum absolute atomic E-state index is 12.6. The molecule has 0 saturated heterocycles. The lowest BCUT2D eigenvalue weighted by Crippen LogP contribution is -2.39. The SMILES string of the molecule is CCc1ccc(C(=O)O)c(C2=c3cc4c(cc3Oc3cc5c(cc32)C(CS(=O)(=O)O)CC(C)(C)N5)=NC(C)(C)C=C4C)c1. The molecule has 0 saturated carbocycles. The van der Waals surface area contributed by atoms with Gasteiger partial charge in [-0.15, -0.1) is 0 Å². The van der Waals surface area contributed by atoms with Gasteiger partial charge in [0.1, 0.15) is 11.5 Å². The summed E-state index contributed by atoms with van der Waals surface area (Å²) in [5.74, 6) is -0.853. The van der Waals surface area contributed by atoms with Crippen LogP contribution in [0, 0.1) is 0 Å². The standard InChI is InChI=1S/C34H36N2O6S/c1-7-19-8-9-21(32(37)38)24(10-19)31-25-11-22-18(2)15-33(3,4)35-27(22)13-29(25)42-30-14-28-23(12-26(30)31)20(17-43(39,40)41)16-34(5,6)36-28/h8-15,20,36H,7,16-17H2,1-6H3,(H,37,38)(H,39,40,41). The van der Waals surface area contributed by atoms with Crippen molar-refractivity contribution in [3.8, 4) is 11.5 Å². The van der Waals surface area contributed by atoms with Gasteiger partial charge in [0.2, 0.25) is 0 Å². The summed E-state index contributed by atoms with van der Waals surface area (Å²) < 4.78 is 40.6. The topological polar surface area (TPSA) is 125 Å². The molecule has 43 heavy (non-hydrogen) atoms. The van der Waals surface area contributed by atoms with Crippen molar-refractivity contribution in [2.45, 2.75) is 71.4 Å². The molecule has 0 fully saturated rings. The normalized spacial score (nSPS) is 19.4. The van der Waals surface area contributed by atoms with Crippen LogP contribution >= 0.6 is 0 Å². The zero-order valence-corrected chi connectivity index (χ0v) is 26.0. The summed E-state index contributed by atoms with van der Waals surface area (Å²) in [6.45, 7) is 12.1. The Balaban J connectivity index is 1.73. The number of allylic oxidation sites excluding steroid dienone is 1. The molecule has 1 atom stereocenters. The van der Waals surface area contributed by atoms with Gasteiger partial charge in [0, 0.05) is 51.2 Å². The van der Waals surface area contributed by atoms with E-state index in [0.29, 0.717) is 34.6 Å². The number of carbonyl (C=O) groups is 1. The van der Waals surface area contributed by atoms with Gasteiger partial charge in [-0.1, -0.05) is 25.1 Å². The highest BCUT2D eigenvalue weighted by Gasteiger charge is 2.36. The molecule has 6 rings (SSSR count). The van der Waals surface area contributed by atoms with Crippen LogP contribution < -0.4 is 20.6 Å². The van der Waals surface area contributed by atoms with E-state index in [-0.39, 0.29) is 11.1 Å². The minimum atomic E-state index is -4.27. The van der Waals surface area contributed by atoms with Crippen LogP contribution in [-0.4, -0.2) is 40.9 Å². The molecular formula is C34H36N2O6S. The maximum Gasteiger partial charge on any atom is 0.336 e. The molecule has 3 aliphatic heterocycles. The van der Waals surface area contributed by atoms with Crippen LogP contribution in [0.4, 0.5) is 5.69 Å². The number of nitrogens with one attached hydrogen (secondary N) is 1.